The molecule has 2 nitrogen and oxygen atoms in total. The van der Waals surface area contributed by atoms with Crippen LogP contribution in [-0.2, 0) is 6.42 Å². The fraction of sp³-hybridized carbons (Fsp3) is 0.500. The molecule has 0 bridgehead atoms. The van der Waals surface area contributed by atoms with Crippen LogP contribution < -0.4 is 5.32 Å². The van der Waals surface area contributed by atoms with Crippen molar-refractivity contribution >= 4 is 11.6 Å². The standard InChI is InChI=1S/C12H17ClFNO/c1-12(2,16)8-15-6-5-9-7-10(13)3-4-11(9)14/h3-4,7,15-16H,5-6,8H2,1-2H3. The van der Waals surface area contributed by atoms with Gasteiger partial charge in [0.25, 0.3) is 0 Å². The number of halogens is 2. The van der Waals surface area contributed by atoms with Crippen LogP contribution in [0.3, 0.4) is 0 Å². The highest BCUT2D eigenvalue weighted by molar-refractivity contribution is 6.30. The lowest BCUT2D eigenvalue weighted by Gasteiger charge is -2.17. The number of aliphatic hydroxyl groups is 1. The maximum atomic E-state index is 13.3. The van der Waals surface area contributed by atoms with Crippen molar-refractivity contribution in [2.45, 2.75) is 25.9 Å². The van der Waals surface area contributed by atoms with Gasteiger partial charge in [0.05, 0.1) is 5.60 Å². The minimum Gasteiger partial charge on any atom is -0.389 e. The summed E-state index contributed by atoms with van der Waals surface area (Å²) in [6.07, 6.45) is 0.558. The third-order valence-corrected chi connectivity index (χ3v) is 2.37. The summed E-state index contributed by atoms with van der Waals surface area (Å²) in [5.41, 5.74) is -0.150. The Morgan fingerprint density at radius 2 is 2.12 bits per heavy atom. The van der Waals surface area contributed by atoms with Crippen LogP contribution in [-0.4, -0.2) is 23.8 Å². The highest BCUT2D eigenvalue weighted by atomic mass is 35.5. The van der Waals surface area contributed by atoms with Crippen molar-refractivity contribution in [3.8, 4) is 0 Å². The Bertz CT molecular complexity index is 349. The van der Waals surface area contributed by atoms with Crippen molar-refractivity contribution in [3.05, 3.63) is 34.6 Å². The second-order valence-corrected chi connectivity index (χ2v) is 4.91. The Morgan fingerprint density at radius 3 is 2.75 bits per heavy atom. The Kier molecular flexibility index (Phi) is 4.71. The first-order valence-corrected chi connectivity index (χ1v) is 5.63. The Labute approximate surface area is 100 Å². The van der Waals surface area contributed by atoms with Gasteiger partial charge in [0.15, 0.2) is 0 Å². The normalized spacial score (nSPS) is 11.8. The molecule has 0 saturated heterocycles. The van der Waals surface area contributed by atoms with Gasteiger partial charge in [-0.1, -0.05) is 11.6 Å². The van der Waals surface area contributed by atoms with E-state index in [0.29, 0.717) is 30.1 Å². The molecule has 2 N–H and O–H groups in total. The molecule has 0 aliphatic heterocycles. The maximum Gasteiger partial charge on any atom is 0.126 e. The van der Waals surface area contributed by atoms with E-state index in [1.54, 1.807) is 19.9 Å². The molecule has 0 heterocycles. The highest BCUT2D eigenvalue weighted by Gasteiger charge is 2.11. The highest BCUT2D eigenvalue weighted by Crippen LogP contribution is 2.15. The molecule has 0 spiro atoms. The van der Waals surface area contributed by atoms with Crippen LogP contribution in [0.5, 0.6) is 0 Å². The third-order valence-electron chi connectivity index (χ3n) is 2.14. The van der Waals surface area contributed by atoms with Crippen LogP contribution >= 0.6 is 11.6 Å². The van der Waals surface area contributed by atoms with Gasteiger partial charge in [-0.2, -0.15) is 0 Å². The Hall–Kier alpha value is -0.640. The van der Waals surface area contributed by atoms with Gasteiger partial charge in [0.1, 0.15) is 5.82 Å². The Morgan fingerprint density at radius 1 is 1.44 bits per heavy atom. The minimum atomic E-state index is -0.743. The zero-order valence-corrected chi connectivity index (χ0v) is 10.3. The van der Waals surface area contributed by atoms with Crippen molar-refractivity contribution in [1.29, 1.82) is 0 Å². The number of rotatable bonds is 5. The van der Waals surface area contributed by atoms with Crippen LogP contribution in [0.15, 0.2) is 18.2 Å². The first-order valence-electron chi connectivity index (χ1n) is 5.25. The van der Waals surface area contributed by atoms with Gasteiger partial charge in [-0.05, 0) is 50.6 Å². The van der Waals surface area contributed by atoms with Crippen molar-refractivity contribution < 1.29 is 9.50 Å². The van der Waals surface area contributed by atoms with E-state index in [1.165, 1.54) is 12.1 Å². The van der Waals surface area contributed by atoms with Crippen LogP contribution in [0.1, 0.15) is 19.4 Å². The lowest BCUT2D eigenvalue weighted by atomic mass is 10.1. The molecule has 16 heavy (non-hydrogen) atoms. The summed E-state index contributed by atoms with van der Waals surface area (Å²) >= 11 is 5.78. The van der Waals surface area contributed by atoms with E-state index in [1.807, 2.05) is 0 Å². The third kappa shape index (κ3) is 4.92. The van der Waals surface area contributed by atoms with Crippen molar-refractivity contribution in [3.63, 3.8) is 0 Å². The predicted octanol–water partition coefficient (Wildman–Crippen LogP) is 2.38. The molecule has 0 aliphatic carbocycles. The van der Waals surface area contributed by atoms with E-state index in [0.717, 1.165) is 0 Å². The van der Waals surface area contributed by atoms with Gasteiger partial charge < -0.3 is 10.4 Å². The van der Waals surface area contributed by atoms with E-state index < -0.39 is 5.60 Å². The number of benzene rings is 1. The summed E-state index contributed by atoms with van der Waals surface area (Å²) in [5.74, 6) is -0.241. The average molecular weight is 246 g/mol. The predicted molar refractivity (Wildman–Crippen MR) is 64.3 cm³/mol. The summed E-state index contributed by atoms with van der Waals surface area (Å²) in [7, 11) is 0. The van der Waals surface area contributed by atoms with E-state index in [-0.39, 0.29) is 5.82 Å². The average Bonchev–Trinajstić information content (AvgIpc) is 2.16. The summed E-state index contributed by atoms with van der Waals surface area (Å²) in [6, 6.07) is 4.53. The Balaban J connectivity index is 2.40. The van der Waals surface area contributed by atoms with E-state index >= 15 is 0 Å². The van der Waals surface area contributed by atoms with Crippen molar-refractivity contribution in [2.24, 2.45) is 0 Å². The first-order chi connectivity index (χ1) is 7.38. The number of hydrogen-bond acceptors (Lipinski definition) is 2. The minimum absolute atomic E-state index is 0.241. The summed E-state index contributed by atoms with van der Waals surface area (Å²) in [6.45, 7) is 4.54. The van der Waals surface area contributed by atoms with Gasteiger partial charge in [0.2, 0.25) is 0 Å². The molecule has 0 atom stereocenters. The number of hydrogen-bond donors (Lipinski definition) is 2. The fourth-order valence-electron chi connectivity index (χ4n) is 1.35. The van der Waals surface area contributed by atoms with Gasteiger partial charge >= 0.3 is 0 Å². The van der Waals surface area contributed by atoms with Crippen LogP contribution in [0.25, 0.3) is 0 Å². The van der Waals surface area contributed by atoms with Gasteiger partial charge in [-0.3, -0.25) is 0 Å². The number of nitrogens with one attached hydrogen (secondary N) is 1. The van der Waals surface area contributed by atoms with E-state index in [4.69, 9.17) is 11.6 Å². The summed E-state index contributed by atoms with van der Waals surface area (Å²) < 4.78 is 13.3. The molecule has 1 rings (SSSR count). The summed E-state index contributed by atoms with van der Waals surface area (Å²) in [4.78, 5) is 0. The molecule has 0 saturated carbocycles. The zero-order chi connectivity index (χ0) is 12.2. The molecule has 1 aromatic rings. The SMILES string of the molecule is CC(C)(O)CNCCc1cc(Cl)ccc1F. The molecule has 0 aliphatic rings. The lowest BCUT2D eigenvalue weighted by Crippen LogP contribution is -2.35. The van der Waals surface area contributed by atoms with Crippen molar-refractivity contribution in [2.75, 3.05) is 13.1 Å². The molecule has 0 unspecified atom stereocenters. The van der Waals surface area contributed by atoms with Gasteiger partial charge in [-0.15, -0.1) is 0 Å². The smallest absolute Gasteiger partial charge is 0.126 e. The quantitative estimate of drug-likeness (QED) is 0.781. The fourth-order valence-corrected chi connectivity index (χ4v) is 1.55. The van der Waals surface area contributed by atoms with Crippen molar-refractivity contribution in [1.82, 2.24) is 5.32 Å². The van der Waals surface area contributed by atoms with E-state index in [9.17, 15) is 9.50 Å². The molecular formula is C12H17ClFNO. The second kappa shape index (κ2) is 5.62. The largest absolute Gasteiger partial charge is 0.389 e. The van der Waals surface area contributed by atoms with Gasteiger partial charge in [0, 0.05) is 11.6 Å². The zero-order valence-electron chi connectivity index (χ0n) is 9.56. The molecule has 0 fully saturated rings. The van der Waals surface area contributed by atoms with E-state index in [2.05, 4.69) is 5.32 Å². The lowest BCUT2D eigenvalue weighted by molar-refractivity contribution is 0.0801. The molecule has 1 aromatic carbocycles. The molecule has 0 aromatic heterocycles. The first kappa shape index (κ1) is 13.4. The van der Waals surface area contributed by atoms with Gasteiger partial charge in [-0.25, -0.2) is 4.39 Å². The summed E-state index contributed by atoms with van der Waals surface area (Å²) in [5, 5.41) is 13.1. The molecular weight excluding hydrogens is 229 g/mol. The second-order valence-electron chi connectivity index (χ2n) is 4.47. The molecule has 4 heteroatoms. The van der Waals surface area contributed by atoms with Crippen LogP contribution in [0.2, 0.25) is 5.02 Å². The maximum absolute atomic E-state index is 13.3. The molecule has 0 radical (unpaired) electrons. The van der Waals surface area contributed by atoms with Crippen LogP contribution in [0.4, 0.5) is 4.39 Å². The topological polar surface area (TPSA) is 32.3 Å². The molecule has 90 valence electrons. The molecule has 0 amide bonds. The van der Waals surface area contributed by atoms with Crippen LogP contribution in [0, 0.1) is 5.82 Å². The monoisotopic (exact) mass is 245 g/mol.